The van der Waals surface area contributed by atoms with Gasteiger partial charge < -0.3 is 14.8 Å². The van der Waals surface area contributed by atoms with E-state index >= 15 is 0 Å². The number of methoxy groups -OCH3 is 2. The van der Waals surface area contributed by atoms with Gasteiger partial charge in [0.05, 0.1) is 14.2 Å². The third-order valence-corrected chi connectivity index (χ3v) is 3.31. The normalized spacial score (nSPS) is 11.9. The maximum Gasteiger partial charge on any atom is 0.122 e. The highest BCUT2D eigenvalue weighted by Crippen LogP contribution is 2.28. The fourth-order valence-electron chi connectivity index (χ4n) is 2.17. The molecule has 4 nitrogen and oxygen atoms in total. The number of benzene rings is 1. The van der Waals surface area contributed by atoms with Crippen LogP contribution in [0.3, 0.4) is 0 Å². The monoisotopic (exact) mass is 272 g/mol. The summed E-state index contributed by atoms with van der Waals surface area (Å²) in [5.41, 5.74) is 2.38. The van der Waals surface area contributed by atoms with Crippen LogP contribution in [0.2, 0.25) is 0 Å². The van der Waals surface area contributed by atoms with Crippen LogP contribution in [0.15, 0.2) is 42.7 Å². The number of pyridine rings is 1. The van der Waals surface area contributed by atoms with E-state index in [-0.39, 0.29) is 6.04 Å². The highest BCUT2D eigenvalue weighted by Gasteiger charge is 2.13. The molecule has 0 aliphatic rings. The van der Waals surface area contributed by atoms with Crippen molar-refractivity contribution in [2.45, 2.75) is 12.5 Å². The molecule has 1 heterocycles. The number of nitrogens with one attached hydrogen (secondary N) is 1. The number of hydrogen-bond donors (Lipinski definition) is 1. The van der Waals surface area contributed by atoms with E-state index in [2.05, 4.69) is 10.3 Å². The van der Waals surface area contributed by atoms with Crippen molar-refractivity contribution < 1.29 is 9.47 Å². The van der Waals surface area contributed by atoms with Crippen molar-refractivity contribution in [1.82, 2.24) is 10.3 Å². The number of ether oxygens (including phenoxy) is 2. The number of nitrogens with zero attached hydrogens (tertiary/aromatic N) is 1. The molecule has 20 heavy (non-hydrogen) atoms. The Morgan fingerprint density at radius 2 is 1.65 bits per heavy atom. The van der Waals surface area contributed by atoms with Crippen LogP contribution in [0.5, 0.6) is 11.5 Å². The lowest BCUT2D eigenvalue weighted by Crippen LogP contribution is -2.19. The van der Waals surface area contributed by atoms with Crippen molar-refractivity contribution in [3.63, 3.8) is 0 Å². The largest absolute Gasteiger partial charge is 0.497 e. The molecule has 2 rings (SSSR count). The lowest BCUT2D eigenvalue weighted by atomic mass is 9.99. The molecule has 0 radical (unpaired) electrons. The number of rotatable bonds is 6. The molecule has 0 spiro atoms. The van der Waals surface area contributed by atoms with Gasteiger partial charge in [0, 0.05) is 24.5 Å². The summed E-state index contributed by atoms with van der Waals surface area (Å²) in [5.74, 6) is 1.60. The third kappa shape index (κ3) is 3.48. The molecule has 1 unspecified atom stereocenters. The van der Waals surface area contributed by atoms with Crippen LogP contribution in [0.1, 0.15) is 17.2 Å². The Bertz CT molecular complexity index is 521. The highest BCUT2D eigenvalue weighted by atomic mass is 16.5. The van der Waals surface area contributed by atoms with Gasteiger partial charge in [0.2, 0.25) is 0 Å². The Labute approximate surface area is 119 Å². The van der Waals surface area contributed by atoms with E-state index in [1.165, 1.54) is 5.56 Å². The fraction of sp³-hybridized carbons (Fsp3) is 0.312. The van der Waals surface area contributed by atoms with Crippen LogP contribution in [0.4, 0.5) is 0 Å². The predicted molar refractivity (Wildman–Crippen MR) is 79.3 cm³/mol. The standard InChI is InChI=1S/C16H20N2O2/c1-17-16(8-12-4-6-18-7-5-12)13-9-14(19-2)11-15(10-13)20-3/h4-7,9-11,16-17H,8H2,1-3H3. The molecule has 0 saturated heterocycles. The first-order valence-corrected chi connectivity index (χ1v) is 6.56. The second-order valence-electron chi connectivity index (χ2n) is 4.55. The van der Waals surface area contributed by atoms with E-state index in [1.807, 2.05) is 49.8 Å². The molecule has 1 N–H and O–H groups in total. The van der Waals surface area contributed by atoms with E-state index < -0.39 is 0 Å². The van der Waals surface area contributed by atoms with Crippen LogP contribution in [0, 0.1) is 0 Å². The summed E-state index contributed by atoms with van der Waals surface area (Å²) in [6.45, 7) is 0. The van der Waals surface area contributed by atoms with E-state index in [9.17, 15) is 0 Å². The second kappa shape index (κ2) is 6.91. The smallest absolute Gasteiger partial charge is 0.122 e. The Morgan fingerprint density at radius 3 is 2.15 bits per heavy atom. The SMILES string of the molecule is CNC(Cc1ccncc1)c1cc(OC)cc(OC)c1. The van der Waals surface area contributed by atoms with Crippen molar-refractivity contribution in [3.8, 4) is 11.5 Å². The quantitative estimate of drug-likeness (QED) is 0.878. The summed E-state index contributed by atoms with van der Waals surface area (Å²) in [4.78, 5) is 4.05. The molecule has 1 aromatic carbocycles. The van der Waals surface area contributed by atoms with Gasteiger partial charge in [-0.05, 0) is 48.9 Å². The number of hydrogen-bond acceptors (Lipinski definition) is 4. The van der Waals surface area contributed by atoms with Gasteiger partial charge in [-0.2, -0.15) is 0 Å². The zero-order valence-electron chi connectivity index (χ0n) is 12.1. The Kier molecular flexibility index (Phi) is 4.96. The van der Waals surface area contributed by atoms with Crippen molar-refractivity contribution >= 4 is 0 Å². The van der Waals surface area contributed by atoms with Gasteiger partial charge in [0.1, 0.15) is 11.5 Å². The molecule has 0 bridgehead atoms. The minimum atomic E-state index is 0.196. The average molecular weight is 272 g/mol. The number of aromatic nitrogens is 1. The molecule has 0 fully saturated rings. The molecular weight excluding hydrogens is 252 g/mol. The van der Waals surface area contributed by atoms with Crippen LogP contribution in [-0.2, 0) is 6.42 Å². The molecule has 1 aromatic heterocycles. The molecular formula is C16H20N2O2. The van der Waals surface area contributed by atoms with Crippen molar-refractivity contribution in [2.75, 3.05) is 21.3 Å². The Hall–Kier alpha value is -2.07. The lowest BCUT2D eigenvalue weighted by Gasteiger charge is -2.18. The van der Waals surface area contributed by atoms with E-state index in [0.717, 1.165) is 23.5 Å². The first-order valence-electron chi connectivity index (χ1n) is 6.56. The minimum Gasteiger partial charge on any atom is -0.497 e. The molecule has 106 valence electrons. The zero-order valence-corrected chi connectivity index (χ0v) is 12.1. The van der Waals surface area contributed by atoms with Crippen LogP contribution < -0.4 is 14.8 Å². The number of likely N-dealkylation sites (N-methyl/N-ethyl adjacent to an activating group) is 1. The molecule has 0 saturated carbocycles. The maximum absolute atomic E-state index is 5.32. The fourth-order valence-corrected chi connectivity index (χ4v) is 2.17. The summed E-state index contributed by atoms with van der Waals surface area (Å²) in [6.07, 6.45) is 4.51. The first kappa shape index (κ1) is 14.3. The first-order chi connectivity index (χ1) is 9.76. The highest BCUT2D eigenvalue weighted by molar-refractivity contribution is 5.40. The Balaban J connectivity index is 2.26. The zero-order chi connectivity index (χ0) is 14.4. The van der Waals surface area contributed by atoms with E-state index in [4.69, 9.17) is 9.47 Å². The van der Waals surface area contributed by atoms with E-state index in [0.29, 0.717) is 0 Å². The summed E-state index contributed by atoms with van der Waals surface area (Å²) >= 11 is 0. The molecule has 0 amide bonds. The molecule has 4 heteroatoms. The predicted octanol–water partition coefficient (Wildman–Crippen LogP) is 2.60. The minimum absolute atomic E-state index is 0.196. The van der Waals surface area contributed by atoms with Gasteiger partial charge in [-0.25, -0.2) is 0 Å². The van der Waals surface area contributed by atoms with E-state index in [1.54, 1.807) is 14.2 Å². The van der Waals surface area contributed by atoms with Crippen molar-refractivity contribution in [1.29, 1.82) is 0 Å². The summed E-state index contributed by atoms with van der Waals surface area (Å²) in [6, 6.07) is 10.2. The van der Waals surface area contributed by atoms with Gasteiger partial charge in [0.15, 0.2) is 0 Å². The second-order valence-corrected chi connectivity index (χ2v) is 4.55. The van der Waals surface area contributed by atoms with Crippen LogP contribution in [-0.4, -0.2) is 26.3 Å². The van der Waals surface area contributed by atoms with Crippen molar-refractivity contribution in [3.05, 3.63) is 53.9 Å². The van der Waals surface area contributed by atoms with Crippen molar-refractivity contribution in [2.24, 2.45) is 0 Å². The topological polar surface area (TPSA) is 43.4 Å². The molecule has 0 aliphatic carbocycles. The molecule has 2 aromatic rings. The molecule has 1 atom stereocenters. The van der Waals surface area contributed by atoms with Gasteiger partial charge in [-0.3, -0.25) is 4.98 Å². The average Bonchev–Trinajstić information content (AvgIpc) is 2.53. The molecule has 0 aliphatic heterocycles. The summed E-state index contributed by atoms with van der Waals surface area (Å²) < 4.78 is 10.6. The summed E-state index contributed by atoms with van der Waals surface area (Å²) in [7, 11) is 5.28. The van der Waals surface area contributed by atoms with Gasteiger partial charge >= 0.3 is 0 Å². The Morgan fingerprint density at radius 1 is 1.05 bits per heavy atom. The summed E-state index contributed by atoms with van der Waals surface area (Å²) in [5, 5.41) is 3.34. The third-order valence-electron chi connectivity index (χ3n) is 3.31. The van der Waals surface area contributed by atoms with Crippen LogP contribution in [0.25, 0.3) is 0 Å². The van der Waals surface area contributed by atoms with Crippen LogP contribution >= 0.6 is 0 Å². The van der Waals surface area contributed by atoms with Gasteiger partial charge in [-0.15, -0.1) is 0 Å². The van der Waals surface area contributed by atoms with Gasteiger partial charge in [-0.1, -0.05) is 0 Å². The van der Waals surface area contributed by atoms with Gasteiger partial charge in [0.25, 0.3) is 0 Å². The lowest BCUT2D eigenvalue weighted by molar-refractivity contribution is 0.392. The maximum atomic E-state index is 5.32.